The lowest BCUT2D eigenvalue weighted by molar-refractivity contribution is 0.464. The summed E-state index contributed by atoms with van der Waals surface area (Å²) in [4.78, 5) is 0. The number of nitrogens with one attached hydrogen (secondary N) is 1. The lowest BCUT2D eigenvalue weighted by Gasteiger charge is -2.18. The van der Waals surface area contributed by atoms with E-state index in [9.17, 15) is 8.42 Å². The molecule has 1 atom stereocenters. The van der Waals surface area contributed by atoms with Crippen LogP contribution < -0.4 is 10.5 Å². The maximum Gasteiger partial charge on any atom is 0.214 e. The molecule has 0 amide bonds. The van der Waals surface area contributed by atoms with Gasteiger partial charge >= 0.3 is 0 Å². The van der Waals surface area contributed by atoms with Gasteiger partial charge in [-0.3, -0.25) is 0 Å². The summed E-state index contributed by atoms with van der Waals surface area (Å²) < 4.78 is 25.8. The van der Waals surface area contributed by atoms with Gasteiger partial charge in [0.15, 0.2) is 0 Å². The molecule has 1 saturated carbocycles. The summed E-state index contributed by atoms with van der Waals surface area (Å²) in [6.07, 6.45) is 2.41. The molecule has 0 aromatic heterocycles. The molecule has 0 aromatic carbocycles. The monoisotopic (exact) mass is 256 g/mol. The van der Waals surface area contributed by atoms with Crippen molar-refractivity contribution >= 4 is 22.4 Å². The molecule has 1 fully saturated rings. The lowest BCUT2D eigenvalue weighted by Crippen LogP contribution is -2.42. The molecule has 0 aromatic rings. The summed E-state index contributed by atoms with van der Waals surface area (Å²) in [7, 11) is -3.07. The second-order valence-electron chi connectivity index (χ2n) is 4.42. The Morgan fingerprint density at radius 1 is 1.40 bits per heavy atom. The van der Waals surface area contributed by atoms with Gasteiger partial charge in [0.2, 0.25) is 10.0 Å². The van der Waals surface area contributed by atoms with E-state index >= 15 is 0 Å². The Hall–Kier alpha value is 0.160. The summed E-state index contributed by atoms with van der Waals surface area (Å²) >= 11 is 0. The largest absolute Gasteiger partial charge is 0.329 e. The van der Waals surface area contributed by atoms with Crippen molar-refractivity contribution in [2.75, 3.05) is 6.54 Å². The van der Waals surface area contributed by atoms with Crippen LogP contribution in [0.25, 0.3) is 0 Å². The van der Waals surface area contributed by atoms with Gasteiger partial charge in [-0.1, -0.05) is 13.8 Å². The maximum atomic E-state index is 11.6. The van der Waals surface area contributed by atoms with Crippen LogP contribution in [0.3, 0.4) is 0 Å². The van der Waals surface area contributed by atoms with E-state index in [0.29, 0.717) is 12.5 Å². The first kappa shape index (κ1) is 15.2. The quantitative estimate of drug-likeness (QED) is 0.741. The fraction of sp³-hybridized carbons (Fsp3) is 1.00. The molecule has 1 aliphatic rings. The van der Waals surface area contributed by atoms with Crippen molar-refractivity contribution in [1.82, 2.24) is 4.72 Å². The highest BCUT2D eigenvalue weighted by atomic mass is 35.5. The molecule has 0 heterocycles. The Morgan fingerprint density at radius 2 is 1.93 bits per heavy atom. The summed E-state index contributed by atoms with van der Waals surface area (Å²) in [6, 6.07) is -0.0967. The van der Waals surface area contributed by atoms with Crippen LogP contribution in [0.15, 0.2) is 0 Å². The van der Waals surface area contributed by atoms with Crippen LogP contribution >= 0.6 is 12.4 Å². The van der Waals surface area contributed by atoms with Crippen molar-refractivity contribution in [3.05, 3.63) is 0 Å². The van der Waals surface area contributed by atoms with Gasteiger partial charge in [-0.15, -0.1) is 12.4 Å². The summed E-state index contributed by atoms with van der Waals surface area (Å²) in [5.41, 5.74) is 5.52. The molecule has 1 unspecified atom stereocenters. The van der Waals surface area contributed by atoms with E-state index in [1.807, 2.05) is 0 Å². The van der Waals surface area contributed by atoms with Gasteiger partial charge in [-0.25, -0.2) is 13.1 Å². The Morgan fingerprint density at radius 3 is 2.27 bits per heavy atom. The second-order valence-corrected chi connectivity index (χ2v) is 6.42. The minimum Gasteiger partial charge on any atom is -0.329 e. The minimum atomic E-state index is -3.07. The highest BCUT2D eigenvalue weighted by Crippen LogP contribution is 2.27. The van der Waals surface area contributed by atoms with E-state index in [2.05, 4.69) is 18.6 Å². The van der Waals surface area contributed by atoms with Crippen molar-refractivity contribution in [3.8, 4) is 0 Å². The molecular weight excluding hydrogens is 236 g/mol. The summed E-state index contributed by atoms with van der Waals surface area (Å²) in [5.74, 6) is 0.463. The fourth-order valence-electron chi connectivity index (χ4n) is 1.47. The molecule has 1 rings (SSSR count). The first-order valence-electron chi connectivity index (χ1n) is 5.17. The van der Waals surface area contributed by atoms with Crippen molar-refractivity contribution in [2.24, 2.45) is 11.7 Å². The minimum absolute atomic E-state index is 0. The lowest BCUT2D eigenvalue weighted by atomic mass is 10.1. The van der Waals surface area contributed by atoms with E-state index in [1.165, 1.54) is 0 Å². The van der Waals surface area contributed by atoms with Gasteiger partial charge < -0.3 is 5.73 Å². The van der Waals surface area contributed by atoms with Crippen molar-refractivity contribution < 1.29 is 8.42 Å². The number of hydrogen-bond acceptors (Lipinski definition) is 3. The van der Waals surface area contributed by atoms with Crippen LogP contribution in [0, 0.1) is 5.92 Å². The molecular formula is C9H21ClN2O2S. The Labute approximate surface area is 98.5 Å². The molecule has 0 spiro atoms. The Bertz CT molecular complexity index is 276. The maximum absolute atomic E-state index is 11.6. The van der Waals surface area contributed by atoms with Crippen LogP contribution in [-0.4, -0.2) is 26.3 Å². The summed E-state index contributed by atoms with van der Waals surface area (Å²) in [5, 5.41) is -0.149. The Balaban J connectivity index is 0.00000196. The normalized spacial score (nSPS) is 18.7. The average molecular weight is 257 g/mol. The van der Waals surface area contributed by atoms with Crippen LogP contribution in [-0.2, 0) is 10.0 Å². The number of hydrogen-bond donors (Lipinski definition) is 2. The average Bonchev–Trinajstić information content (AvgIpc) is 2.83. The number of halogens is 1. The van der Waals surface area contributed by atoms with Crippen LogP contribution in [0.2, 0.25) is 0 Å². The predicted molar refractivity (Wildman–Crippen MR) is 64.6 cm³/mol. The van der Waals surface area contributed by atoms with Gasteiger partial charge in [-0.2, -0.15) is 0 Å². The van der Waals surface area contributed by atoms with Crippen LogP contribution in [0.1, 0.15) is 33.1 Å². The van der Waals surface area contributed by atoms with Crippen molar-refractivity contribution in [2.45, 2.75) is 44.4 Å². The number of sulfonamides is 1. The molecule has 0 saturated heterocycles. The van der Waals surface area contributed by atoms with E-state index in [1.54, 1.807) is 0 Å². The molecule has 92 valence electrons. The van der Waals surface area contributed by atoms with Crippen molar-refractivity contribution in [1.29, 1.82) is 0 Å². The summed E-state index contributed by atoms with van der Waals surface area (Å²) in [6.45, 7) is 4.51. The zero-order valence-electron chi connectivity index (χ0n) is 9.27. The second kappa shape index (κ2) is 6.03. The molecule has 3 N–H and O–H groups in total. The SMILES string of the molecule is CC(C)CC(CN)NS(=O)(=O)C1CC1.Cl. The standard InChI is InChI=1S/C9H20N2O2S.ClH/c1-7(2)5-8(6-10)11-14(12,13)9-3-4-9;/h7-9,11H,3-6,10H2,1-2H3;1H. The predicted octanol–water partition coefficient (Wildman–Crippen LogP) is 0.863. The topological polar surface area (TPSA) is 72.2 Å². The van der Waals surface area contributed by atoms with Gasteiger partial charge in [0.25, 0.3) is 0 Å². The molecule has 1 aliphatic carbocycles. The van der Waals surface area contributed by atoms with E-state index in [0.717, 1.165) is 19.3 Å². The number of nitrogens with two attached hydrogens (primary N) is 1. The molecule has 15 heavy (non-hydrogen) atoms. The third kappa shape index (κ3) is 5.15. The van der Waals surface area contributed by atoms with Gasteiger partial charge in [0, 0.05) is 12.6 Å². The van der Waals surface area contributed by atoms with Crippen molar-refractivity contribution in [3.63, 3.8) is 0 Å². The van der Waals surface area contributed by atoms with Gasteiger partial charge in [0.05, 0.1) is 5.25 Å². The van der Waals surface area contributed by atoms with Gasteiger partial charge in [-0.05, 0) is 25.2 Å². The fourth-order valence-corrected chi connectivity index (χ4v) is 3.07. The van der Waals surface area contributed by atoms with E-state index < -0.39 is 10.0 Å². The van der Waals surface area contributed by atoms with Crippen LogP contribution in [0.4, 0.5) is 0 Å². The molecule has 4 nitrogen and oxygen atoms in total. The van der Waals surface area contributed by atoms with Crippen LogP contribution in [0.5, 0.6) is 0 Å². The highest BCUT2D eigenvalue weighted by molar-refractivity contribution is 7.90. The highest BCUT2D eigenvalue weighted by Gasteiger charge is 2.36. The first-order chi connectivity index (χ1) is 6.45. The molecule has 0 aliphatic heterocycles. The molecule has 0 bridgehead atoms. The third-order valence-electron chi connectivity index (χ3n) is 2.33. The molecule has 6 heteroatoms. The molecule has 0 radical (unpaired) electrons. The Kier molecular flexibility index (Phi) is 6.10. The smallest absolute Gasteiger partial charge is 0.214 e. The van der Waals surface area contributed by atoms with E-state index in [-0.39, 0.29) is 23.7 Å². The van der Waals surface area contributed by atoms with E-state index in [4.69, 9.17) is 5.73 Å². The van der Waals surface area contributed by atoms with Gasteiger partial charge in [0.1, 0.15) is 0 Å². The zero-order valence-corrected chi connectivity index (χ0v) is 10.9. The zero-order chi connectivity index (χ0) is 10.8. The number of rotatable bonds is 6. The first-order valence-corrected chi connectivity index (χ1v) is 6.71. The third-order valence-corrected chi connectivity index (χ3v) is 4.35.